The summed E-state index contributed by atoms with van der Waals surface area (Å²) in [7, 11) is 0. The minimum absolute atomic E-state index is 0.379. The van der Waals surface area contributed by atoms with Crippen LogP contribution in [-0.4, -0.2) is 9.38 Å². The molecular formula is C14H17N3S2. The zero-order valence-electron chi connectivity index (χ0n) is 11.3. The molecule has 3 aromatic rings. The Balaban J connectivity index is 1.82. The number of hydrogen-bond donors (Lipinski definition) is 1. The van der Waals surface area contributed by atoms with E-state index >= 15 is 0 Å². The first-order valence-electron chi connectivity index (χ1n) is 6.35. The van der Waals surface area contributed by atoms with Gasteiger partial charge >= 0.3 is 0 Å². The molecule has 3 rings (SSSR count). The zero-order valence-corrected chi connectivity index (χ0v) is 12.9. The molecule has 0 aliphatic carbocycles. The Bertz CT molecular complexity index is 679. The number of imidazole rings is 1. The van der Waals surface area contributed by atoms with Crippen molar-refractivity contribution in [2.75, 3.05) is 0 Å². The van der Waals surface area contributed by atoms with Gasteiger partial charge in [0.25, 0.3) is 0 Å². The van der Waals surface area contributed by atoms with Crippen molar-refractivity contribution in [3.8, 4) is 0 Å². The van der Waals surface area contributed by atoms with Gasteiger partial charge < -0.3 is 5.32 Å². The average Bonchev–Trinajstić information content (AvgIpc) is 3.07. The fourth-order valence-corrected chi connectivity index (χ4v) is 3.95. The second kappa shape index (κ2) is 5.07. The summed E-state index contributed by atoms with van der Waals surface area (Å²) in [5, 5.41) is 7.88. The molecule has 3 aromatic heterocycles. The first-order valence-corrected chi connectivity index (χ1v) is 8.11. The topological polar surface area (TPSA) is 29.3 Å². The maximum absolute atomic E-state index is 4.62. The van der Waals surface area contributed by atoms with Crippen molar-refractivity contribution < 1.29 is 0 Å². The number of rotatable bonds is 4. The highest BCUT2D eigenvalue weighted by Crippen LogP contribution is 2.22. The fraction of sp³-hybridized carbons (Fsp3) is 0.357. The summed E-state index contributed by atoms with van der Waals surface area (Å²) in [5.41, 5.74) is 3.67. The van der Waals surface area contributed by atoms with E-state index in [1.165, 1.54) is 16.3 Å². The molecule has 0 aromatic carbocycles. The van der Waals surface area contributed by atoms with Crippen LogP contribution in [0.15, 0.2) is 22.9 Å². The lowest BCUT2D eigenvalue weighted by atomic mass is 10.2. The van der Waals surface area contributed by atoms with Gasteiger partial charge in [-0.1, -0.05) is 6.07 Å². The van der Waals surface area contributed by atoms with Crippen LogP contribution >= 0.6 is 22.7 Å². The van der Waals surface area contributed by atoms with Crippen molar-refractivity contribution in [2.24, 2.45) is 0 Å². The largest absolute Gasteiger partial charge is 0.304 e. The van der Waals surface area contributed by atoms with Gasteiger partial charge in [-0.15, -0.1) is 22.7 Å². The van der Waals surface area contributed by atoms with Crippen LogP contribution < -0.4 is 5.32 Å². The summed E-state index contributed by atoms with van der Waals surface area (Å²) in [6.07, 6.45) is 0. The Kier molecular flexibility index (Phi) is 3.43. The van der Waals surface area contributed by atoms with Gasteiger partial charge in [0.2, 0.25) is 0 Å². The van der Waals surface area contributed by atoms with Gasteiger partial charge in [0.05, 0.1) is 11.4 Å². The number of aromatic nitrogens is 2. The quantitative estimate of drug-likeness (QED) is 0.789. The molecule has 0 saturated heterocycles. The van der Waals surface area contributed by atoms with E-state index in [-0.39, 0.29) is 0 Å². The Labute approximate surface area is 120 Å². The number of aryl methyl sites for hydroxylation is 2. The highest BCUT2D eigenvalue weighted by molar-refractivity contribution is 7.15. The molecular weight excluding hydrogens is 274 g/mol. The Hall–Kier alpha value is -1.17. The lowest BCUT2D eigenvalue weighted by Gasteiger charge is -2.12. The highest BCUT2D eigenvalue weighted by atomic mass is 32.1. The summed E-state index contributed by atoms with van der Waals surface area (Å²) >= 11 is 3.51. The van der Waals surface area contributed by atoms with E-state index in [4.69, 9.17) is 0 Å². The van der Waals surface area contributed by atoms with E-state index in [0.717, 1.165) is 17.2 Å². The maximum Gasteiger partial charge on any atom is 0.194 e. The lowest BCUT2D eigenvalue weighted by Crippen LogP contribution is -2.18. The molecule has 100 valence electrons. The second-order valence-electron chi connectivity index (χ2n) is 4.76. The summed E-state index contributed by atoms with van der Waals surface area (Å²) in [4.78, 5) is 7.09. The molecule has 0 aliphatic heterocycles. The molecule has 0 bridgehead atoms. The van der Waals surface area contributed by atoms with E-state index in [9.17, 15) is 0 Å². The standard InChI is InChI=1S/C14H17N3S2/c1-9-8-19-14-16-10(2)12(17(9)14)7-15-11(3)13-5-4-6-18-13/h4-6,8,11,15H,7H2,1-3H3/t11-/m1/s1. The minimum atomic E-state index is 0.379. The van der Waals surface area contributed by atoms with Crippen LogP contribution in [0.3, 0.4) is 0 Å². The third-order valence-electron chi connectivity index (χ3n) is 3.38. The predicted molar refractivity (Wildman–Crippen MR) is 82.1 cm³/mol. The van der Waals surface area contributed by atoms with Gasteiger partial charge in [-0.2, -0.15) is 0 Å². The number of hydrogen-bond acceptors (Lipinski definition) is 4. The lowest BCUT2D eigenvalue weighted by molar-refractivity contribution is 0.571. The molecule has 1 N–H and O–H groups in total. The number of nitrogens with one attached hydrogen (secondary N) is 1. The number of thiazole rings is 1. The van der Waals surface area contributed by atoms with Gasteiger partial charge in [-0.25, -0.2) is 4.98 Å². The smallest absolute Gasteiger partial charge is 0.194 e. The van der Waals surface area contributed by atoms with Crippen molar-refractivity contribution in [3.63, 3.8) is 0 Å². The summed E-state index contributed by atoms with van der Waals surface area (Å²) in [6.45, 7) is 7.28. The second-order valence-corrected chi connectivity index (χ2v) is 6.57. The molecule has 0 saturated carbocycles. The van der Waals surface area contributed by atoms with E-state index in [2.05, 4.69) is 58.4 Å². The molecule has 19 heavy (non-hydrogen) atoms. The molecule has 0 aliphatic rings. The van der Waals surface area contributed by atoms with Crippen LogP contribution in [-0.2, 0) is 6.54 Å². The van der Waals surface area contributed by atoms with Crippen LogP contribution in [0, 0.1) is 13.8 Å². The van der Waals surface area contributed by atoms with Gasteiger partial charge in [0.15, 0.2) is 4.96 Å². The van der Waals surface area contributed by atoms with Crippen LogP contribution in [0.25, 0.3) is 4.96 Å². The van der Waals surface area contributed by atoms with Gasteiger partial charge in [0, 0.05) is 28.5 Å². The number of thiophene rings is 1. The molecule has 0 spiro atoms. The van der Waals surface area contributed by atoms with Crippen molar-refractivity contribution >= 4 is 27.6 Å². The Morgan fingerprint density at radius 1 is 1.37 bits per heavy atom. The van der Waals surface area contributed by atoms with E-state index in [1.807, 2.05) is 0 Å². The van der Waals surface area contributed by atoms with Crippen molar-refractivity contribution in [1.82, 2.24) is 14.7 Å². The van der Waals surface area contributed by atoms with E-state index in [1.54, 1.807) is 22.7 Å². The molecule has 5 heteroatoms. The first-order chi connectivity index (χ1) is 9.16. The van der Waals surface area contributed by atoms with Crippen LogP contribution in [0.5, 0.6) is 0 Å². The molecule has 0 fully saturated rings. The van der Waals surface area contributed by atoms with Gasteiger partial charge in [0.1, 0.15) is 0 Å². The first kappa shape index (κ1) is 12.8. The molecule has 3 nitrogen and oxygen atoms in total. The SMILES string of the molecule is Cc1nc2scc(C)n2c1CN[C@H](C)c1cccs1. The minimum Gasteiger partial charge on any atom is -0.304 e. The van der Waals surface area contributed by atoms with Crippen molar-refractivity contribution in [2.45, 2.75) is 33.4 Å². The molecule has 1 atom stereocenters. The van der Waals surface area contributed by atoms with Crippen LogP contribution in [0.1, 0.15) is 34.9 Å². The third kappa shape index (κ3) is 2.33. The average molecular weight is 291 g/mol. The highest BCUT2D eigenvalue weighted by Gasteiger charge is 2.13. The monoisotopic (exact) mass is 291 g/mol. The molecule has 0 amide bonds. The predicted octanol–water partition coefficient (Wildman–Crippen LogP) is 3.92. The maximum atomic E-state index is 4.62. The number of fused-ring (bicyclic) bond motifs is 1. The van der Waals surface area contributed by atoms with Gasteiger partial charge in [-0.3, -0.25) is 4.40 Å². The van der Waals surface area contributed by atoms with Gasteiger partial charge in [-0.05, 0) is 32.2 Å². The summed E-state index contributed by atoms with van der Waals surface area (Å²) < 4.78 is 2.26. The van der Waals surface area contributed by atoms with Crippen molar-refractivity contribution in [3.05, 3.63) is 44.9 Å². The molecule has 0 radical (unpaired) electrons. The van der Waals surface area contributed by atoms with Crippen LogP contribution in [0.4, 0.5) is 0 Å². The third-order valence-corrected chi connectivity index (χ3v) is 5.37. The zero-order chi connectivity index (χ0) is 13.4. The fourth-order valence-electron chi connectivity index (χ4n) is 2.26. The molecule has 0 unspecified atom stereocenters. The Morgan fingerprint density at radius 3 is 2.95 bits per heavy atom. The van der Waals surface area contributed by atoms with Crippen LogP contribution in [0.2, 0.25) is 0 Å². The van der Waals surface area contributed by atoms with E-state index < -0.39 is 0 Å². The van der Waals surface area contributed by atoms with E-state index in [0.29, 0.717) is 6.04 Å². The Morgan fingerprint density at radius 2 is 2.21 bits per heavy atom. The van der Waals surface area contributed by atoms with Crippen molar-refractivity contribution in [1.29, 1.82) is 0 Å². The summed E-state index contributed by atoms with van der Waals surface area (Å²) in [6, 6.07) is 4.66. The number of nitrogens with zero attached hydrogens (tertiary/aromatic N) is 2. The summed E-state index contributed by atoms with van der Waals surface area (Å²) in [5.74, 6) is 0. The normalized spacial score (nSPS) is 13.2. The molecule has 3 heterocycles.